The highest BCUT2D eigenvalue weighted by Gasteiger charge is 2.10. The number of hydrogen-bond donors (Lipinski definition) is 2. The van der Waals surface area contributed by atoms with E-state index in [1.54, 1.807) is 37.3 Å². The van der Waals surface area contributed by atoms with Crippen molar-refractivity contribution in [3.8, 4) is 0 Å². The van der Waals surface area contributed by atoms with E-state index in [4.69, 9.17) is 0 Å². The van der Waals surface area contributed by atoms with Crippen LogP contribution in [0.25, 0.3) is 0 Å². The number of amides is 1. The minimum Gasteiger partial charge on any atom is -0.464 e. The summed E-state index contributed by atoms with van der Waals surface area (Å²) in [6.07, 6.45) is 0. The smallest absolute Gasteiger partial charge is 0.356 e. The molecule has 0 bridgehead atoms. The third-order valence-electron chi connectivity index (χ3n) is 2.71. The highest BCUT2D eigenvalue weighted by Crippen LogP contribution is 2.17. The Hall–Kier alpha value is -2.96. The molecule has 0 unspecified atom stereocenters. The van der Waals surface area contributed by atoms with E-state index in [-0.39, 0.29) is 11.6 Å². The maximum atomic E-state index is 11.5. The van der Waals surface area contributed by atoms with Crippen LogP contribution in [0.3, 0.4) is 0 Å². The fraction of sp³-hybridized carbons (Fsp3) is 0.200. The Kier molecular flexibility index (Phi) is 4.67. The highest BCUT2D eigenvalue weighted by molar-refractivity contribution is 5.89. The number of aryl methyl sites for hydroxylation is 1. The molecule has 0 saturated carbocycles. The van der Waals surface area contributed by atoms with Crippen LogP contribution in [0, 0.1) is 6.92 Å². The van der Waals surface area contributed by atoms with E-state index in [1.807, 2.05) is 0 Å². The summed E-state index contributed by atoms with van der Waals surface area (Å²) in [5.74, 6) is -0.354. The minimum atomic E-state index is -0.519. The van der Waals surface area contributed by atoms with Crippen molar-refractivity contribution in [2.45, 2.75) is 13.8 Å². The van der Waals surface area contributed by atoms with Gasteiger partial charge in [-0.15, -0.1) is 0 Å². The van der Waals surface area contributed by atoms with E-state index in [2.05, 4.69) is 25.3 Å². The summed E-state index contributed by atoms with van der Waals surface area (Å²) in [7, 11) is 1.30. The molecule has 0 aliphatic carbocycles. The molecule has 0 radical (unpaired) electrons. The summed E-state index contributed by atoms with van der Waals surface area (Å²) in [6.45, 7) is 3.21. The Bertz CT molecular complexity index is 698. The van der Waals surface area contributed by atoms with Crippen molar-refractivity contribution in [3.05, 3.63) is 41.7 Å². The van der Waals surface area contributed by atoms with Crippen molar-refractivity contribution >= 4 is 29.2 Å². The fourth-order valence-corrected chi connectivity index (χ4v) is 1.80. The van der Waals surface area contributed by atoms with Gasteiger partial charge in [0, 0.05) is 24.0 Å². The summed E-state index contributed by atoms with van der Waals surface area (Å²) in [5.41, 5.74) is 2.26. The van der Waals surface area contributed by atoms with Gasteiger partial charge >= 0.3 is 5.97 Å². The molecule has 0 aliphatic heterocycles. The topological polar surface area (TPSA) is 93.2 Å². The molecule has 22 heavy (non-hydrogen) atoms. The van der Waals surface area contributed by atoms with Crippen LogP contribution in [-0.4, -0.2) is 29.0 Å². The number of carbonyl (C=O) groups is 2. The van der Waals surface area contributed by atoms with Crippen LogP contribution < -0.4 is 10.6 Å². The van der Waals surface area contributed by atoms with Gasteiger partial charge in [0.15, 0.2) is 5.69 Å². The maximum absolute atomic E-state index is 11.5. The lowest BCUT2D eigenvalue weighted by Crippen LogP contribution is -2.09. The molecule has 114 valence electrons. The number of aromatic nitrogens is 2. The lowest BCUT2D eigenvalue weighted by molar-refractivity contribution is -0.114. The zero-order chi connectivity index (χ0) is 16.1. The number of benzene rings is 1. The van der Waals surface area contributed by atoms with Gasteiger partial charge in [0.05, 0.1) is 7.11 Å². The van der Waals surface area contributed by atoms with Crippen molar-refractivity contribution < 1.29 is 14.3 Å². The Labute approximate surface area is 127 Å². The first-order valence-electron chi connectivity index (χ1n) is 6.56. The van der Waals surface area contributed by atoms with E-state index in [0.717, 1.165) is 5.69 Å². The predicted octanol–water partition coefficient (Wildman–Crippen LogP) is 2.27. The summed E-state index contributed by atoms with van der Waals surface area (Å²) in [4.78, 5) is 30.8. The second kappa shape index (κ2) is 6.66. The summed E-state index contributed by atoms with van der Waals surface area (Å²) in [5, 5.41) is 5.68. The van der Waals surface area contributed by atoms with E-state index in [1.165, 1.54) is 14.0 Å². The molecule has 7 heteroatoms. The molecule has 1 heterocycles. The molecule has 2 rings (SSSR count). The number of ether oxygens (including phenoxy) is 1. The number of anilines is 3. The monoisotopic (exact) mass is 300 g/mol. The molecule has 0 atom stereocenters. The van der Waals surface area contributed by atoms with Crippen molar-refractivity contribution in [2.75, 3.05) is 17.7 Å². The van der Waals surface area contributed by atoms with E-state index in [0.29, 0.717) is 17.3 Å². The summed E-state index contributed by atoms with van der Waals surface area (Å²) < 4.78 is 4.65. The Balaban J connectivity index is 2.18. The third-order valence-corrected chi connectivity index (χ3v) is 2.71. The molecular weight excluding hydrogens is 284 g/mol. The Morgan fingerprint density at radius 1 is 1.09 bits per heavy atom. The van der Waals surface area contributed by atoms with Crippen molar-refractivity contribution in [3.63, 3.8) is 0 Å². The largest absolute Gasteiger partial charge is 0.464 e. The van der Waals surface area contributed by atoms with Crippen LogP contribution >= 0.6 is 0 Å². The molecule has 7 nitrogen and oxygen atoms in total. The Morgan fingerprint density at radius 3 is 2.32 bits per heavy atom. The summed E-state index contributed by atoms with van der Waals surface area (Å²) in [6, 6.07) is 8.60. The molecule has 0 saturated heterocycles. The fourth-order valence-electron chi connectivity index (χ4n) is 1.80. The van der Waals surface area contributed by atoms with Gasteiger partial charge in [-0.2, -0.15) is 0 Å². The van der Waals surface area contributed by atoms with Gasteiger partial charge in [-0.25, -0.2) is 14.8 Å². The quantitative estimate of drug-likeness (QED) is 0.841. The molecule has 0 spiro atoms. The second-order valence-corrected chi connectivity index (χ2v) is 4.59. The molecule has 1 aromatic heterocycles. The molecule has 0 aliphatic rings. The number of esters is 1. The van der Waals surface area contributed by atoms with Crippen molar-refractivity contribution in [1.82, 2.24) is 9.97 Å². The number of rotatable bonds is 4. The zero-order valence-electron chi connectivity index (χ0n) is 12.5. The van der Waals surface area contributed by atoms with E-state index >= 15 is 0 Å². The van der Waals surface area contributed by atoms with Crippen LogP contribution in [0.1, 0.15) is 23.1 Å². The molecule has 1 amide bonds. The lowest BCUT2D eigenvalue weighted by atomic mass is 10.3. The second-order valence-electron chi connectivity index (χ2n) is 4.59. The number of carbonyl (C=O) groups excluding carboxylic acids is 2. The minimum absolute atomic E-state index is 0.134. The third kappa shape index (κ3) is 4.02. The SMILES string of the molecule is COC(=O)c1cc(C)nc(Nc2ccc(NC(C)=O)cc2)n1. The van der Waals surface area contributed by atoms with Gasteiger partial charge in [-0.05, 0) is 37.3 Å². The van der Waals surface area contributed by atoms with Gasteiger partial charge in [-0.1, -0.05) is 0 Å². The first-order valence-corrected chi connectivity index (χ1v) is 6.56. The molecular formula is C15H16N4O3. The molecule has 1 aromatic carbocycles. The average Bonchev–Trinajstić information content (AvgIpc) is 2.47. The molecule has 2 N–H and O–H groups in total. The zero-order valence-corrected chi connectivity index (χ0v) is 12.5. The van der Waals surface area contributed by atoms with Crippen LogP contribution in [0.15, 0.2) is 30.3 Å². The van der Waals surface area contributed by atoms with E-state index < -0.39 is 5.97 Å². The number of nitrogens with one attached hydrogen (secondary N) is 2. The van der Waals surface area contributed by atoms with Crippen LogP contribution in [-0.2, 0) is 9.53 Å². The summed E-state index contributed by atoms with van der Waals surface area (Å²) >= 11 is 0. The molecule has 0 fully saturated rings. The van der Waals surface area contributed by atoms with Crippen LogP contribution in [0.4, 0.5) is 17.3 Å². The van der Waals surface area contributed by atoms with Crippen molar-refractivity contribution in [1.29, 1.82) is 0 Å². The first-order chi connectivity index (χ1) is 10.5. The number of nitrogens with zero attached hydrogens (tertiary/aromatic N) is 2. The Morgan fingerprint density at radius 2 is 1.73 bits per heavy atom. The van der Waals surface area contributed by atoms with Crippen molar-refractivity contribution in [2.24, 2.45) is 0 Å². The van der Waals surface area contributed by atoms with Gasteiger partial charge in [-0.3, -0.25) is 4.79 Å². The van der Waals surface area contributed by atoms with E-state index in [9.17, 15) is 9.59 Å². The normalized spacial score (nSPS) is 9.95. The first kappa shape index (κ1) is 15.4. The van der Waals surface area contributed by atoms with Gasteiger partial charge < -0.3 is 15.4 Å². The standard InChI is InChI=1S/C15H16N4O3/c1-9-8-13(14(21)22-3)19-15(16-9)18-12-6-4-11(5-7-12)17-10(2)20/h4-8H,1-3H3,(H,17,20)(H,16,18,19). The van der Waals surface area contributed by atoms with Gasteiger partial charge in [0.1, 0.15) is 0 Å². The highest BCUT2D eigenvalue weighted by atomic mass is 16.5. The van der Waals surface area contributed by atoms with Gasteiger partial charge in [0.2, 0.25) is 11.9 Å². The van der Waals surface area contributed by atoms with Crippen LogP contribution in [0.5, 0.6) is 0 Å². The van der Waals surface area contributed by atoms with Crippen LogP contribution in [0.2, 0.25) is 0 Å². The lowest BCUT2D eigenvalue weighted by Gasteiger charge is -2.08. The predicted molar refractivity (Wildman–Crippen MR) is 82.1 cm³/mol. The van der Waals surface area contributed by atoms with Gasteiger partial charge in [0.25, 0.3) is 0 Å². The molecule has 2 aromatic rings. The maximum Gasteiger partial charge on any atom is 0.356 e. The number of hydrogen-bond acceptors (Lipinski definition) is 6. The number of methoxy groups -OCH3 is 1. The average molecular weight is 300 g/mol.